The van der Waals surface area contributed by atoms with E-state index in [1.54, 1.807) is 0 Å². The Morgan fingerprint density at radius 3 is 2.35 bits per heavy atom. The molecule has 5 rings (SSSR count). The van der Waals surface area contributed by atoms with Crippen molar-refractivity contribution in [3.63, 3.8) is 0 Å². The molecule has 2 aromatic heterocycles. The van der Waals surface area contributed by atoms with Crippen LogP contribution in [0.1, 0.15) is 11.3 Å². The van der Waals surface area contributed by atoms with Gasteiger partial charge in [-0.3, -0.25) is 14.7 Å². The monoisotopic (exact) mass is 468 g/mol. The molecule has 0 aliphatic heterocycles. The van der Waals surface area contributed by atoms with Gasteiger partial charge in [0.05, 0.1) is 12.1 Å². The molecule has 0 unspecified atom stereocenters. The first-order valence-electron chi connectivity index (χ1n) is 10.8. The molecular formula is C27H21ClN4O2. The molecule has 34 heavy (non-hydrogen) atoms. The molecule has 168 valence electrons. The van der Waals surface area contributed by atoms with E-state index in [9.17, 15) is 9.59 Å². The van der Waals surface area contributed by atoms with Crippen LogP contribution >= 0.6 is 11.6 Å². The number of benzene rings is 3. The molecule has 0 fully saturated rings. The van der Waals surface area contributed by atoms with Crippen LogP contribution in [0.3, 0.4) is 0 Å². The predicted molar refractivity (Wildman–Crippen MR) is 135 cm³/mol. The van der Waals surface area contributed by atoms with E-state index < -0.39 is 0 Å². The van der Waals surface area contributed by atoms with Gasteiger partial charge in [-0.05, 0) is 42.3 Å². The van der Waals surface area contributed by atoms with E-state index in [2.05, 4.69) is 10.4 Å². The standard InChI is InChI=1S/C27H21ClN4O2/c1-17-26(20-7-11-21(28)12-8-20)27-30-23(16-25(34)32(27)31-17)19-9-13-22(14-10-19)29-24(33)15-18-5-3-2-4-6-18/h2-14,16,31H,15H2,1H3,(H,29,33). The van der Waals surface area contributed by atoms with Crippen LogP contribution < -0.4 is 10.9 Å². The van der Waals surface area contributed by atoms with Crippen molar-refractivity contribution in [1.29, 1.82) is 0 Å². The summed E-state index contributed by atoms with van der Waals surface area (Å²) >= 11 is 6.04. The number of aromatic amines is 1. The van der Waals surface area contributed by atoms with Crippen molar-refractivity contribution in [3.8, 4) is 22.4 Å². The molecule has 7 heteroatoms. The Labute approximate surface area is 200 Å². The smallest absolute Gasteiger partial charge is 0.273 e. The van der Waals surface area contributed by atoms with Crippen molar-refractivity contribution in [2.24, 2.45) is 0 Å². The number of anilines is 1. The summed E-state index contributed by atoms with van der Waals surface area (Å²) in [6, 6.07) is 25.8. The number of rotatable bonds is 5. The zero-order chi connectivity index (χ0) is 23.7. The van der Waals surface area contributed by atoms with Gasteiger partial charge in [0.2, 0.25) is 5.91 Å². The molecule has 2 heterocycles. The maximum Gasteiger partial charge on any atom is 0.273 e. The Kier molecular flexibility index (Phi) is 5.74. The maximum atomic E-state index is 12.8. The van der Waals surface area contributed by atoms with Gasteiger partial charge in [-0.2, -0.15) is 0 Å². The van der Waals surface area contributed by atoms with Gasteiger partial charge in [0, 0.05) is 33.6 Å². The highest BCUT2D eigenvalue weighted by Crippen LogP contribution is 2.29. The fourth-order valence-electron chi connectivity index (χ4n) is 3.97. The molecule has 0 radical (unpaired) electrons. The van der Waals surface area contributed by atoms with Crippen molar-refractivity contribution >= 4 is 28.8 Å². The Hall–Kier alpha value is -4.16. The Balaban J connectivity index is 1.44. The Bertz CT molecular complexity index is 1540. The second kappa shape index (κ2) is 9.00. The van der Waals surface area contributed by atoms with Crippen molar-refractivity contribution in [2.45, 2.75) is 13.3 Å². The van der Waals surface area contributed by atoms with Crippen LogP contribution in [0.25, 0.3) is 28.0 Å². The molecule has 5 aromatic rings. The van der Waals surface area contributed by atoms with E-state index >= 15 is 0 Å². The zero-order valence-corrected chi connectivity index (χ0v) is 19.1. The number of carbonyl (C=O) groups excluding carboxylic acids is 1. The van der Waals surface area contributed by atoms with Gasteiger partial charge in [-0.1, -0.05) is 66.2 Å². The lowest BCUT2D eigenvalue weighted by atomic mass is 10.1. The van der Waals surface area contributed by atoms with Crippen LogP contribution in [0.15, 0.2) is 89.7 Å². The van der Waals surface area contributed by atoms with Gasteiger partial charge in [-0.25, -0.2) is 9.50 Å². The largest absolute Gasteiger partial charge is 0.326 e. The number of nitrogens with one attached hydrogen (secondary N) is 2. The summed E-state index contributed by atoms with van der Waals surface area (Å²) in [5.41, 5.74) is 5.91. The normalized spacial score (nSPS) is 11.0. The van der Waals surface area contributed by atoms with Gasteiger partial charge in [0.1, 0.15) is 0 Å². The molecule has 0 saturated carbocycles. The van der Waals surface area contributed by atoms with E-state index in [0.29, 0.717) is 28.5 Å². The average Bonchev–Trinajstić information content (AvgIpc) is 3.17. The number of halogens is 1. The summed E-state index contributed by atoms with van der Waals surface area (Å²) in [5, 5.41) is 6.65. The Morgan fingerprint density at radius 1 is 0.971 bits per heavy atom. The number of aromatic nitrogens is 3. The topological polar surface area (TPSA) is 79.3 Å². The number of aryl methyl sites for hydroxylation is 1. The van der Waals surface area contributed by atoms with E-state index in [1.807, 2.05) is 85.8 Å². The van der Waals surface area contributed by atoms with Crippen LogP contribution in [0.2, 0.25) is 5.02 Å². The number of amides is 1. The number of carbonyl (C=O) groups is 1. The minimum Gasteiger partial charge on any atom is -0.326 e. The maximum absolute atomic E-state index is 12.8. The first-order chi connectivity index (χ1) is 16.5. The molecule has 0 bridgehead atoms. The summed E-state index contributed by atoms with van der Waals surface area (Å²) in [6.07, 6.45) is 0.303. The molecule has 0 aliphatic carbocycles. The number of fused-ring (bicyclic) bond motifs is 1. The summed E-state index contributed by atoms with van der Waals surface area (Å²) < 4.78 is 1.45. The molecule has 3 aromatic carbocycles. The number of nitrogens with zero attached hydrogens (tertiary/aromatic N) is 2. The second-order valence-electron chi connectivity index (χ2n) is 8.05. The van der Waals surface area contributed by atoms with Crippen LogP contribution in [0.5, 0.6) is 0 Å². The lowest BCUT2D eigenvalue weighted by Gasteiger charge is -2.07. The van der Waals surface area contributed by atoms with Crippen molar-refractivity contribution in [3.05, 3.63) is 112 Å². The zero-order valence-electron chi connectivity index (χ0n) is 18.4. The number of hydrogen-bond acceptors (Lipinski definition) is 3. The minimum atomic E-state index is -0.205. The van der Waals surface area contributed by atoms with Crippen molar-refractivity contribution < 1.29 is 4.79 Å². The predicted octanol–water partition coefficient (Wildman–Crippen LogP) is 5.50. The molecule has 0 atom stereocenters. The van der Waals surface area contributed by atoms with E-state index in [0.717, 1.165) is 27.9 Å². The fourth-order valence-corrected chi connectivity index (χ4v) is 4.10. The quantitative estimate of drug-likeness (QED) is 0.357. The van der Waals surface area contributed by atoms with Gasteiger partial charge < -0.3 is 5.32 Å². The molecular weight excluding hydrogens is 448 g/mol. The molecule has 0 saturated heterocycles. The second-order valence-corrected chi connectivity index (χ2v) is 8.48. The van der Waals surface area contributed by atoms with E-state index in [4.69, 9.17) is 16.6 Å². The van der Waals surface area contributed by atoms with Crippen LogP contribution in [-0.4, -0.2) is 20.5 Å². The van der Waals surface area contributed by atoms with Gasteiger partial charge in [-0.15, -0.1) is 0 Å². The first-order valence-corrected chi connectivity index (χ1v) is 11.2. The SMILES string of the molecule is Cc1[nH]n2c(=O)cc(-c3ccc(NC(=O)Cc4ccccc4)cc3)nc2c1-c1ccc(Cl)cc1. The average molecular weight is 469 g/mol. The first kappa shape index (κ1) is 21.7. The summed E-state index contributed by atoms with van der Waals surface area (Å²) in [6.45, 7) is 1.91. The molecule has 6 nitrogen and oxygen atoms in total. The highest BCUT2D eigenvalue weighted by molar-refractivity contribution is 6.30. The molecule has 2 N–H and O–H groups in total. The van der Waals surface area contributed by atoms with Crippen molar-refractivity contribution in [1.82, 2.24) is 14.6 Å². The summed E-state index contributed by atoms with van der Waals surface area (Å²) in [7, 11) is 0. The van der Waals surface area contributed by atoms with Crippen molar-refractivity contribution in [2.75, 3.05) is 5.32 Å². The molecule has 1 amide bonds. The third kappa shape index (κ3) is 4.36. The van der Waals surface area contributed by atoms with Gasteiger partial charge in [0.15, 0.2) is 5.65 Å². The summed E-state index contributed by atoms with van der Waals surface area (Å²) in [4.78, 5) is 30.0. The number of hydrogen-bond donors (Lipinski definition) is 2. The summed E-state index contributed by atoms with van der Waals surface area (Å²) in [5.74, 6) is -0.0906. The molecule has 0 aliphatic rings. The van der Waals surface area contributed by atoms with E-state index in [1.165, 1.54) is 10.6 Å². The molecule has 0 spiro atoms. The fraction of sp³-hybridized carbons (Fsp3) is 0.0741. The highest BCUT2D eigenvalue weighted by Gasteiger charge is 2.15. The lowest BCUT2D eigenvalue weighted by molar-refractivity contribution is -0.115. The van der Waals surface area contributed by atoms with E-state index in [-0.39, 0.29) is 11.5 Å². The third-order valence-electron chi connectivity index (χ3n) is 5.60. The Morgan fingerprint density at radius 2 is 1.65 bits per heavy atom. The lowest BCUT2D eigenvalue weighted by Crippen LogP contribution is -2.15. The minimum absolute atomic E-state index is 0.0906. The third-order valence-corrected chi connectivity index (χ3v) is 5.85. The highest BCUT2D eigenvalue weighted by atomic mass is 35.5. The van der Waals surface area contributed by atoms with Gasteiger partial charge in [0.25, 0.3) is 5.56 Å². The number of H-pyrrole nitrogens is 1. The van der Waals surface area contributed by atoms with Crippen LogP contribution in [-0.2, 0) is 11.2 Å². The van der Waals surface area contributed by atoms with Crippen LogP contribution in [0.4, 0.5) is 5.69 Å². The van der Waals surface area contributed by atoms with Gasteiger partial charge >= 0.3 is 0 Å². The van der Waals surface area contributed by atoms with Crippen LogP contribution in [0, 0.1) is 6.92 Å².